The minimum Gasteiger partial charge on any atom is -0.394 e. The van der Waals surface area contributed by atoms with Gasteiger partial charge in [-0.1, -0.05) is 60.7 Å². The van der Waals surface area contributed by atoms with Crippen molar-refractivity contribution in [2.75, 3.05) is 24.6 Å². The van der Waals surface area contributed by atoms with Gasteiger partial charge < -0.3 is 20.6 Å². The second-order valence-corrected chi connectivity index (χ2v) is 9.49. The van der Waals surface area contributed by atoms with Gasteiger partial charge in [0.05, 0.1) is 12.6 Å². The largest absolute Gasteiger partial charge is 0.394 e. The van der Waals surface area contributed by atoms with Gasteiger partial charge in [-0.15, -0.1) is 0 Å². The van der Waals surface area contributed by atoms with Crippen LogP contribution in [0.2, 0.25) is 0 Å². The lowest BCUT2D eigenvalue weighted by molar-refractivity contribution is -0.124. The van der Waals surface area contributed by atoms with E-state index in [1.807, 2.05) is 85.8 Å². The third-order valence-corrected chi connectivity index (χ3v) is 6.72. The molecule has 6 heteroatoms. The van der Waals surface area contributed by atoms with Crippen LogP contribution in [-0.4, -0.2) is 48.7 Å². The summed E-state index contributed by atoms with van der Waals surface area (Å²) in [4.78, 5) is 29.0. The highest BCUT2D eigenvalue weighted by Crippen LogP contribution is 2.23. The predicted octanol–water partition coefficient (Wildman–Crippen LogP) is 3.66. The zero-order valence-electron chi connectivity index (χ0n) is 20.8. The van der Waals surface area contributed by atoms with Gasteiger partial charge in [0.15, 0.2) is 0 Å². The Morgan fingerprint density at radius 1 is 0.861 bits per heavy atom. The number of carbonyl (C=O) groups excluding carboxylic acids is 2. The Balaban J connectivity index is 1.48. The van der Waals surface area contributed by atoms with E-state index in [0.29, 0.717) is 18.4 Å². The van der Waals surface area contributed by atoms with Gasteiger partial charge in [-0.25, -0.2) is 0 Å². The van der Waals surface area contributed by atoms with E-state index in [1.54, 1.807) is 0 Å². The van der Waals surface area contributed by atoms with Crippen LogP contribution in [-0.2, 0) is 17.6 Å². The minimum absolute atomic E-state index is 0.191. The van der Waals surface area contributed by atoms with E-state index in [4.69, 9.17) is 0 Å². The fourth-order valence-corrected chi connectivity index (χ4v) is 4.73. The molecule has 1 aliphatic rings. The third kappa shape index (κ3) is 6.73. The lowest BCUT2D eigenvalue weighted by Crippen LogP contribution is -2.52. The standard InChI is InChI=1S/C30H35N3O3/c1-22-18-26(33-16-8-9-17-33)14-15-27(22)29(35)32-28(20-24-12-6-3-7-13-24)30(36)31-25(21-34)19-23-10-4-2-5-11-23/h2-7,10-15,18,25,28,34H,8-9,16-17,19-21H2,1H3,(H,31,36)(H,32,35)/t25-,28-/m0/s1. The first-order valence-corrected chi connectivity index (χ1v) is 12.7. The highest BCUT2D eigenvalue weighted by atomic mass is 16.3. The van der Waals surface area contributed by atoms with E-state index in [2.05, 4.69) is 15.5 Å². The van der Waals surface area contributed by atoms with Crippen molar-refractivity contribution >= 4 is 17.5 Å². The fourth-order valence-electron chi connectivity index (χ4n) is 4.73. The second-order valence-electron chi connectivity index (χ2n) is 9.49. The van der Waals surface area contributed by atoms with E-state index in [1.165, 1.54) is 12.8 Å². The first-order chi connectivity index (χ1) is 17.5. The zero-order chi connectivity index (χ0) is 25.3. The molecule has 0 spiro atoms. The second kappa shape index (κ2) is 12.4. The molecule has 3 N–H and O–H groups in total. The summed E-state index contributed by atoms with van der Waals surface area (Å²) < 4.78 is 0. The maximum atomic E-state index is 13.3. The normalized spacial score (nSPS) is 14.8. The van der Waals surface area contributed by atoms with Crippen molar-refractivity contribution in [3.05, 3.63) is 101 Å². The molecule has 1 saturated heterocycles. The number of nitrogens with zero attached hydrogens (tertiary/aromatic N) is 1. The first kappa shape index (κ1) is 25.5. The van der Waals surface area contributed by atoms with Crippen molar-refractivity contribution in [1.29, 1.82) is 0 Å². The van der Waals surface area contributed by atoms with Gasteiger partial charge in [-0.05, 0) is 61.1 Å². The fraction of sp³-hybridized carbons (Fsp3) is 0.333. The van der Waals surface area contributed by atoms with Gasteiger partial charge in [0.2, 0.25) is 5.91 Å². The first-order valence-electron chi connectivity index (χ1n) is 12.7. The maximum absolute atomic E-state index is 13.3. The number of hydrogen-bond donors (Lipinski definition) is 3. The van der Waals surface area contributed by atoms with Crippen LogP contribution in [0.4, 0.5) is 5.69 Å². The molecule has 0 radical (unpaired) electrons. The number of aliphatic hydroxyl groups excluding tert-OH is 1. The molecule has 1 heterocycles. The number of anilines is 1. The molecule has 188 valence electrons. The van der Waals surface area contributed by atoms with Gasteiger partial charge in [-0.3, -0.25) is 9.59 Å². The van der Waals surface area contributed by atoms with Crippen molar-refractivity contribution in [1.82, 2.24) is 10.6 Å². The van der Waals surface area contributed by atoms with Crippen molar-refractivity contribution in [2.24, 2.45) is 0 Å². The molecule has 3 aromatic rings. The van der Waals surface area contributed by atoms with E-state index in [9.17, 15) is 14.7 Å². The highest BCUT2D eigenvalue weighted by Gasteiger charge is 2.25. The predicted molar refractivity (Wildman–Crippen MR) is 143 cm³/mol. The van der Waals surface area contributed by atoms with Crippen LogP contribution >= 0.6 is 0 Å². The lowest BCUT2D eigenvalue weighted by Gasteiger charge is -2.23. The molecule has 4 rings (SSSR count). The van der Waals surface area contributed by atoms with Crippen molar-refractivity contribution < 1.29 is 14.7 Å². The van der Waals surface area contributed by atoms with Crippen LogP contribution in [0.3, 0.4) is 0 Å². The molecular weight excluding hydrogens is 450 g/mol. The minimum atomic E-state index is -0.776. The number of nitrogens with one attached hydrogen (secondary N) is 2. The molecule has 36 heavy (non-hydrogen) atoms. The van der Waals surface area contributed by atoms with Crippen LogP contribution in [0.15, 0.2) is 78.9 Å². The summed E-state index contributed by atoms with van der Waals surface area (Å²) in [6.45, 7) is 3.82. The number of rotatable bonds is 10. The Morgan fingerprint density at radius 2 is 1.47 bits per heavy atom. The topological polar surface area (TPSA) is 81.7 Å². The smallest absolute Gasteiger partial charge is 0.252 e. The Morgan fingerprint density at radius 3 is 2.06 bits per heavy atom. The Labute approximate surface area is 213 Å². The monoisotopic (exact) mass is 485 g/mol. The van der Waals surface area contributed by atoms with Crippen molar-refractivity contribution in [3.63, 3.8) is 0 Å². The van der Waals surface area contributed by atoms with Crippen LogP contribution in [0, 0.1) is 6.92 Å². The van der Waals surface area contributed by atoms with Crippen molar-refractivity contribution in [3.8, 4) is 0 Å². The van der Waals surface area contributed by atoms with E-state index < -0.39 is 12.1 Å². The van der Waals surface area contributed by atoms with Crippen LogP contribution in [0.1, 0.15) is 39.9 Å². The molecule has 6 nitrogen and oxygen atoms in total. The summed E-state index contributed by atoms with van der Waals surface area (Å²) >= 11 is 0. The zero-order valence-corrected chi connectivity index (χ0v) is 20.8. The summed E-state index contributed by atoms with van der Waals surface area (Å²) in [5.41, 5.74) is 4.54. The van der Waals surface area contributed by atoms with E-state index in [-0.39, 0.29) is 18.4 Å². The Hall–Kier alpha value is -3.64. The summed E-state index contributed by atoms with van der Waals surface area (Å²) in [5.74, 6) is -0.589. The van der Waals surface area contributed by atoms with Gasteiger partial charge in [0.25, 0.3) is 5.91 Å². The van der Waals surface area contributed by atoms with Gasteiger partial charge >= 0.3 is 0 Å². The Kier molecular flexibility index (Phi) is 8.74. The number of aliphatic hydroxyl groups is 1. The quantitative estimate of drug-likeness (QED) is 0.409. The molecular formula is C30H35N3O3. The number of carbonyl (C=O) groups is 2. The molecule has 1 fully saturated rings. The SMILES string of the molecule is Cc1cc(N2CCCC2)ccc1C(=O)N[C@@H](Cc1ccccc1)C(=O)N[C@H](CO)Cc1ccccc1. The Bertz CT molecular complexity index is 1140. The molecule has 0 unspecified atom stereocenters. The van der Waals surface area contributed by atoms with Crippen LogP contribution in [0.5, 0.6) is 0 Å². The molecule has 0 saturated carbocycles. The van der Waals surface area contributed by atoms with E-state index >= 15 is 0 Å². The number of benzene rings is 3. The van der Waals surface area contributed by atoms with Crippen LogP contribution in [0.25, 0.3) is 0 Å². The summed E-state index contributed by atoms with van der Waals surface area (Å²) in [6, 6.07) is 24.0. The number of aryl methyl sites for hydroxylation is 1. The molecule has 1 aliphatic heterocycles. The summed E-state index contributed by atoms with van der Waals surface area (Å²) in [6.07, 6.45) is 3.24. The van der Waals surface area contributed by atoms with E-state index in [0.717, 1.165) is 35.5 Å². The number of amides is 2. The molecule has 2 amide bonds. The van der Waals surface area contributed by atoms with Gasteiger partial charge in [0, 0.05) is 30.8 Å². The molecule has 3 aromatic carbocycles. The van der Waals surface area contributed by atoms with Crippen LogP contribution < -0.4 is 15.5 Å². The average Bonchev–Trinajstić information content (AvgIpc) is 3.44. The maximum Gasteiger partial charge on any atom is 0.252 e. The summed E-state index contributed by atoms with van der Waals surface area (Å²) in [7, 11) is 0. The third-order valence-electron chi connectivity index (χ3n) is 6.72. The van der Waals surface area contributed by atoms with Gasteiger partial charge in [-0.2, -0.15) is 0 Å². The molecule has 0 aromatic heterocycles. The lowest BCUT2D eigenvalue weighted by atomic mass is 10.0. The molecule has 0 aliphatic carbocycles. The molecule has 2 atom stereocenters. The summed E-state index contributed by atoms with van der Waals surface area (Å²) in [5, 5.41) is 15.8. The molecule has 0 bridgehead atoms. The number of hydrogen-bond acceptors (Lipinski definition) is 4. The van der Waals surface area contributed by atoms with Crippen molar-refractivity contribution in [2.45, 2.75) is 44.7 Å². The highest BCUT2D eigenvalue weighted by molar-refractivity contribution is 5.99. The van der Waals surface area contributed by atoms with Gasteiger partial charge in [0.1, 0.15) is 6.04 Å². The average molecular weight is 486 g/mol.